The van der Waals surface area contributed by atoms with Crippen molar-refractivity contribution in [2.24, 2.45) is 0 Å². The quantitative estimate of drug-likeness (QED) is 0.723. The summed E-state index contributed by atoms with van der Waals surface area (Å²) < 4.78 is 16.0. The van der Waals surface area contributed by atoms with Crippen LogP contribution in [0.2, 0.25) is 5.02 Å². The van der Waals surface area contributed by atoms with Crippen LogP contribution in [0.1, 0.15) is 28.8 Å². The second kappa shape index (κ2) is 7.22. The summed E-state index contributed by atoms with van der Waals surface area (Å²) in [5.74, 6) is -0.166. The van der Waals surface area contributed by atoms with Gasteiger partial charge in [-0.25, -0.2) is 4.39 Å². The maximum absolute atomic E-state index is 13.9. The first-order valence-corrected chi connectivity index (χ1v) is 9.30. The van der Waals surface area contributed by atoms with Crippen LogP contribution in [0.4, 0.5) is 4.39 Å². The van der Waals surface area contributed by atoms with Crippen molar-refractivity contribution >= 4 is 11.6 Å². The van der Waals surface area contributed by atoms with Gasteiger partial charge >= 0.3 is 0 Å². The maximum Gasteiger partial charge on any atom is 0.126 e. The molecule has 3 nitrogen and oxygen atoms in total. The molecule has 1 aliphatic rings. The summed E-state index contributed by atoms with van der Waals surface area (Å²) in [6, 6.07) is 13.2. The third-order valence-electron chi connectivity index (χ3n) is 4.92. The maximum atomic E-state index is 13.9. The smallest absolute Gasteiger partial charge is 0.126 e. The lowest BCUT2D eigenvalue weighted by molar-refractivity contribution is 0.602. The number of nitrogens with one attached hydrogen (secondary N) is 1. The molecule has 0 spiro atoms. The summed E-state index contributed by atoms with van der Waals surface area (Å²) in [5.41, 5.74) is 6.11. The van der Waals surface area contributed by atoms with Crippen LogP contribution >= 0.6 is 11.6 Å². The predicted molar refractivity (Wildman–Crippen MR) is 103 cm³/mol. The predicted octanol–water partition coefficient (Wildman–Crippen LogP) is 4.74. The fourth-order valence-corrected chi connectivity index (χ4v) is 3.60. The number of aromatic nitrogens is 2. The zero-order valence-electron chi connectivity index (χ0n) is 14.7. The van der Waals surface area contributed by atoms with Crippen LogP contribution in [0.3, 0.4) is 0 Å². The highest BCUT2D eigenvalue weighted by Crippen LogP contribution is 2.29. The number of hydrogen-bond acceptors (Lipinski definition) is 2. The monoisotopic (exact) mass is 369 g/mol. The van der Waals surface area contributed by atoms with Crippen LogP contribution in [0, 0.1) is 12.7 Å². The number of benzene rings is 2. The largest absolute Gasteiger partial charge is 0.313 e. The summed E-state index contributed by atoms with van der Waals surface area (Å²) in [7, 11) is 0. The van der Waals surface area contributed by atoms with Gasteiger partial charge in [0, 0.05) is 28.4 Å². The SMILES string of the molecule is Cc1ccc(Cn2nc(-c3ccc(Cl)cc3)c3c2CCCNC3)cc1F. The van der Waals surface area contributed by atoms with Crippen molar-refractivity contribution in [1.29, 1.82) is 0 Å². The summed E-state index contributed by atoms with van der Waals surface area (Å²) >= 11 is 6.04. The first-order chi connectivity index (χ1) is 12.6. The summed E-state index contributed by atoms with van der Waals surface area (Å²) in [6.07, 6.45) is 2.04. The van der Waals surface area contributed by atoms with Crippen molar-refractivity contribution in [2.45, 2.75) is 32.9 Å². The van der Waals surface area contributed by atoms with Crippen LogP contribution in [-0.4, -0.2) is 16.3 Å². The number of fused-ring (bicyclic) bond motifs is 1. The average molecular weight is 370 g/mol. The summed E-state index contributed by atoms with van der Waals surface area (Å²) in [6.45, 7) is 4.15. The van der Waals surface area contributed by atoms with Crippen LogP contribution < -0.4 is 5.32 Å². The molecule has 1 aliphatic heterocycles. The van der Waals surface area contributed by atoms with E-state index in [1.54, 1.807) is 13.0 Å². The number of halogens is 2. The lowest BCUT2D eigenvalue weighted by Gasteiger charge is -2.08. The van der Waals surface area contributed by atoms with Crippen molar-refractivity contribution in [3.05, 3.63) is 75.7 Å². The van der Waals surface area contributed by atoms with Crippen molar-refractivity contribution in [1.82, 2.24) is 15.1 Å². The molecule has 1 N–H and O–H groups in total. The van der Waals surface area contributed by atoms with E-state index in [9.17, 15) is 4.39 Å². The standard InChI is InChI=1S/C21H21ClFN3/c1-14-4-5-15(11-19(14)23)13-26-20-3-2-10-24-12-18(20)21(25-26)16-6-8-17(22)9-7-16/h4-9,11,24H,2-3,10,12-13H2,1H3. The average Bonchev–Trinajstić information content (AvgIpc) is 2.81. The molecule has 0 radical (unpaired) electrons. The van der Waals surface area contributed by atoms with Gasteiger partial charge in [0.15, 0.2) is 0 Å². The van der Waals surface area contributed by atoms with Crippen molar-refractivity contribution in [3.63, 3.8) is 0 Å². The van der Waals surface area contributed by atoms with Gasteiger partial charge in [0.1, 0.15) is 5.82 Å². The van der Waals surface area contributed by atoms with E-state index in [1.165, 1.54) is 11.3 Å². The van der Waals surface area contributed by atoms with E-state index in [-0.39, 0.29) is 5.82 Å². The molecule has 0 saturated heterocycles. The van der Waals surface area contributed by atoms with Crippen molar-refractivity contribution in [2.75, 3.05) is 6.54 Å². The molecule has 0 saturated carbocycles. The fourth-order valence-electron chi connectivity index (χ4n) is 3.47. The normalized spacial score (nSPS) is 14.1. The molecule has 0 atom stereocenters. The number of aryl methyl sites for hydroxylation is 1. The molecule has 5 heteroatoms. The Balaban J connectivity index is 1.76. The first-order valence-electron chi connectivity index (χ1n) is 8.92. The lowest BCUT2D eigenvalue weighted by Crippen LogP contribution is -2.12. The topological polar surface area (TPSA) is 29.9 Å². The van der Waals surface area contributed by atoms with Gasteiger partial charge in [-0.1, -0.05) is 35.9 Å². The molecule has 4 rings (SSSR count). The highest BCUT2D eigenvalue weighted by atomic mass is 35.5. The molecule has 26 heavy (non-hydrogen) atoms. The molecule has 2 heterocycles. The fraction of sp³-hybridized carbons (Fsp3) is 0.286. The minimum absolute atomic E-state index is 0.166. The highest BCUT2D eigenvalue weighted by Gasteiger charge is 2.21. The molecule has 0 amide bonds. The Morgan fingerprint density at radius 3 is 2.77 bits per heavy atom. The van der Waals surface area contributed by atoms with E-state index < -0.39 is 0 Å². The Labute approximate surface area is 157 Å². The molecule has 3 aromatic rings. The summed E-state index contributed by atoms with van der Waals surface area (Å²) in [4.78, 5) is 0. The van der Waals surface area contributed by atoms with Crippen molar-refractivity contribution < 1.29 is 4.39 Å². The zero-order valence-corrected chi connectivity index (χ0v) is 15.5. The molecular weight excluding hydrogens is 349 g/mol. The molecule has 1 aromatic heterocycles. The number of rotatable bonds is 3. The number of nitrogens with zero attached hydrogens (tertiary/aromatic N) is 2. The van der Waals surface area contributed by atoms with Crippen LogP contribution in [0.5, 0.6) is 0 Å². The van der Waals surface area contributed by atoms with E-state index in [0.717, 1.165) is 42.8 Å². The third-order valence-corrected chi connectivity index (χ3v) is 5.17. The molecule has 0 aliphatic carbocycles. The molecule has 134 valence electrons. The second-order valence-electron chi connectivity index (χ2n) is 6.80. The second-order valence-corrected chi connectivity index (χ2v) is 7.24. The Morgan fingerprint density at radius 1 is 1.19 bits per heavy atom. The number of hydrogen-bond donors (Lipinski definition) is 1. The van der Waals surface area contributed by atoms with E-state index >= 15 is 0 Å². The Kier molecular flexibility index (Phi) is 4.79. The molecule has 0 fully saturated rings. The van der Waals surface area contributed by atoms with Gasteiger partial charge < -0.3 is 5.32 Å². The van der Waals surface area contributed by atoms with Crippen LogP contribution in [0.25, 0.3) is 11.3 Å². The van der Waals surface area contributed by atoms with Gasteiger partial charge in [-0.2, -0.15) is 5.10 Å². The molecular formula is C21H21ClFN3. The van der Waals surface area contributed by atoms with Gasteiger partial charge in [-0.15, -0.1) is 0 Å². The van der Waals surface area contributed by atoms with Gasteiger partial charge in [0.05, 0.1) is 12.2 Å². The highest BCUT2D eigenvalue weighted by molar-refractivity contribution is 6.30. The van der Waals surface area contributed by atoms with Crippen molar-refractivity contribution in [3.8, 4) is 11.3 Å². The zero-order chi connectivity index (χ0) is 18.1. The molecule has 2 aromatic carbocycles. The summed E-state index contributed by atoms with van der Waals surface area (Å²) in [5, 5.41) is 9.09. The van der Waals surface area contributed by atoms with Crippen LogP contribution in [-0.2, 0) is 19.5 Å². The van der Waals surface area contributed by atoms with E-state index in [0.29, 0.717) is 17.1 Å². The Morgan fingerprint density at radius 2 is 2.00 bits per heavy atom. The Bertz CT molecular complexity index is 931. The van der Waals surface area contributed by atoms with Gasteiger partial charge in [-0.05, 0) is 55.6 Å². The third kappa shape index (κ3) is 3.39. The minimum atomic E-state index is -0.166. The van der Waals surface area contributed by atoms with Gasteiger partial charge in [-0.3, -0.25) is 4.68 Å². The van der Waals surface area contributed by atoms with Crippen LogP contribution in [0.15, 0.2) is 42.5 Å². The molecule has 0 unspecified atom stereocenters. The lowest BCUT2D eigenvalue weighted by atomic mass is 10.0. The van der Waals surface area contributed by atoms with E-state index in [2.05, 4.69) is 5.32 Å². The van der Waals surface area contributed by atoms with E-state index in [1.807, 2.05) is 41.1 Å². The molecule has 0 bridgehead atoms. The van der Waals surface area contributed by atoms with Gasteiger partial charge in [0.25, 0.3) is 0 Å². The Hall–Kier alpha value is -2.17. The van der Waals surface area contributed by atoms with E-state index in [4.69, 9.17) is 16.7 Å². The van der Waals surface area contributed by atoms with Gasteiger partial charge in [0.2, 0.25) is 0 Å². The first kappa shape index (κ1) is 17.3. The minimum Gasteiger partial charge on any atom is -0.313 e.